The second-order valence-electron chi connectivity index (χ2n) is 5.20. The summed E-state index contributed by atoms with van der Waals surface area (Å²) in [6.45, 7) is 0. The van der Waals surface area contributed by atoms with Crippen LogP contribution in [0.4, 0.5) is 8.78 Å². The molecule has 1 unspecified atom stereocenters. The van der Waals surface area contributed by atoms with Gasteiger partial charge in [-0.3, -0.25) is 0 Å². The second kappa shape index (κ2) is 4.10. The first-order valence-corrected chi connectivity index (χ1v) is 6.99. The highest BCUT2D eigenvalue weighted by atomic mass is 32.2. The number of alkyl halides is 2. The minimum atomic E-state index is -2.58. The molecule has 1 atom stereocenters. The molecule has 1 saturated heterocycles. The third kappa shape index (κ3) is 2.22. The predicted octanol–water partition coefficient (Wildman–Crippen LogP) is 2.15. The van der Waals surface area contributed by atoms with Crippen LogP contribution in [-0.2, 0) is 0 Å². The summed E-state index contributed by atoms with van der Waals surface area (Å²) in [6.07, 6.45) is 1.68. The Hall–Kier alpha value is 0.130. The molecular weight excluding hydrogens is 232 g/mol. The Morgan fingerprint density at radius 3 is 2.19 bits per heavy atom. The number of hydrogen-bond donors (Lipinski definition) is 2. The van der Waals surface area contributed by atoms with E-state index >= 15 is 0 Å². The summed E-state index contributed by atoms with van der Waals surface area (Å²) >= 11 is 1.68. The summed E-state index contributed by atoms with van der Waals surface area (Å²) in [5, 5.41) is 10.5. The van der Waals surface area contributed by atoms with Crippen molar-refractivity contribution in [3.8, 4) is 0 Å². The van der Waals surface area contributed by atoms with Gasteiger partial charge >= 0.3 is 0 Å². The maximum atomic E-state index is 13.1. The Morgan fingerprint density at radius 1 is 1.06 bits per heavy atom. The molecule has 0 radical (unpaired) electrons. The highest BCUT2D eigenvalue weighted by molar-refractivity contribution is 7.99. The zero-order chi connectivity index (χ0) is 11.9. The molecular formula is C11H19F2NOS. The van der Waals surface area contributed by atoms with E-state index in [2.05, 4.69) is 0 Å². The van der Waals surface area contributed by atoms with Gasteiger partial charge in [0.15, 0.2) is 0 Å². The van der Waals surface area contributed by atoms with Crippen LogP contribution < -0.4 is 5.73 Å². The minimum absolute atomic E-state index is 0.184. The largest absolute Gasteiger partial charge is 0.387 e. The van der Waals surface area contributed by atoms with Crippen LogP contribution in [0.3, 0.4) is 0 Å². The molecule has 0 amide bonds. The molecule has 0 spiro atoms. The van der Waals surface area contributed by atoms with Gasteiger partial charge in [-0.05, 0) is 31.4 Å². The first-order valence-electron chi connectivity index (χ1n) is 5.84. The third-order valence-electron chi connectivity index (χ3n) is 4.02. The van der Waals surface area contributed by atoms with Crippen molar-refractivity contribution in [3.05, 3.63) is 0 Å². The van der Waals surface area contributed by atoms with Gasteiger partial charge in [0.05, 0.1) is 5.60 Å². The molecule has 1 aliphatic carbocycles. The van der Waals surface area contributed by atoms with E-state index in [-0.39, 0.29) is 25.7 Å². The van der Waals surface area contributed by atoms with E-state index in [1.807, 2.05) is 0 Å². The Labute approximate surface area is 99.0 Å². The molecule has 94 valence electrons. The summed E-state index contributed by atoms with van der Waals surface area (Å²) in [5.74, 6) is -0.954. The number of hydrogen-bond acceptors (Lipinski definition) is 3. The summed E-state index contributed by atoms with van der Waals surface area (Å²) < 4.78 is 26.2. The lowest BCUT2D eigenvalue weighted by atomic mass is 9.68. The van der Waals surface area contributed by atoms with Gasteiger partial charge in [-0.15, -0.1) is 0 Å². The van der Waals surface area contributed by atoms with Crippen molar-refractivity contribution in [1.82, 2.24) is 0 Å². The van der Waals surface area contributed by atoms with E-state index in [0.29, 0.717) is 12.2 Å². The normalized spacial score (nSPS) is 38.2. The Kier molecular flexibility index (Phi) is 3.23. The molecule has 0 aromatic carbocycles. The number of thioether (sulfide) groups is 1. The molecule has 1 aliphatic heterocycles. The molecule has 1 heterocycles. The summed E-state index contributed by atoms with van der Waals surface area (Å²) in [5.41, 5.74) is 4.45. The number of rotatable bonds is 1. The number of halogens is 2. The molecule has 1 saturated carbocycles. The third-order valence-corrected chi connectivity index (χ3v) is 5.28. The van der Waals surface area contributed by atoms with Crippen molar-refractivity contribution >= 4 is 11.8 Å². The van der Waals surface area contributed by atoms with Crippen LogP contribution in [0, 0.1) is 0 Å². The van der Waals surface area contributed by atoms with Crippen LogP contribution in [-0.4, -0.2) is 33.7 Å². The molecule has 5 heteroatoms. The topological polar surface area (TPSA) is 46.2 Å². The van der Waals surface area contributed by atoms with Crippen LogP contribution in [0.1, 0.15) is 38.5 Å². The second-order valence-corrected chi connectivity index (χ2v) is 6.30. The molecule has 2 nitrogen and oxygen atoms in total. The van der Waals surface area contributed by atoms with Gasteiger partial charge in [0, 0.05) is 24.1 Å². The van der Waals surface area contributed by atoms with E-state index in [1.54, 1.807) is 11.8 Å². The van der Waals surface area contributed by atoms with E-state index in [0.717, 1.165) is 12.2 Å². The standard InChI is InChI=1S/C11H19F2NOS/c12-11(13)5-3-9(14,4-6-11)10(15)2-1-7-16-8-10/h15H,1-8,14H2. The van der Waals surface area contributed by atoms with Gasteiger partial charge in [0.2, 0.25) is 5.92 Å². The lowest BCUT2D eigenvalue weighted by molar-refractivity contribution is -0.101. The maximum absolute atomic E-state index is 13.1. The van der Waals surface area contributed by atoms with E-state index in [4.69, 9.17) is 5.73 Å². The first-order chi connectivity index (χ1) is 7.37. The molecule has 3 N–H and O–H groups in total. The van der Waals surface area contributed by atoms with E-state index in [1.165, 1.54) is 0 Å². The molecule has 2 aliphatic rings. The average Bonchev–Trinajstić information content (AvgIpc) is 2.24. The fraction of sp³-hybridized carbons (Fsp3) is 1.00. The van der Waals surface area contributed by atoms with Gasteiger partial charge in [0.25, 0.3) is 0 Å². The number of nitrogens with two attached hydrogens (primary N) is 1. The molecule has 2 fully saturated rings. The molecule has 0 aromatic heterocycles. The fourth-order valence-corrected chi connectivity index (χ4v) is 3.96. The zero-order valence-corrected chi connectivity index (χ0v) is 10.2. The van der Waals surface area contributed by atoms with Crippen molar-refractivity contribution in [2.45, 2.75) is 55.6 Å². The molecule has 16 heavy (non-hydrogen) atoms. The molecule has 0 aromatic rings. The van der Waals surface area contributed by atoms with Crippen molar-refractivity contribution in [2.75, 3.05) is 11.5 Å². The zero-order valence-electron chi connectivity index (χ0n) is 9.35. The van der Waals surface area contributed by atoms with Crippen LogP contribution in [0.5, 0.6) is 0 Å². The minimum Gasteiger partial charge on any atom is -0.387 e. The van der Waals surface area contributed by atoms with E-state index < -0.39 is 17.1 Å². The fourth-order valence-electron chi connectivity index (χ4n) is 2.70. The van der Waals surface area contributed by atoms with Crippen molar-refractivity contribution < 1.29 is 13.9 Å². The van der Waals surface area contributed by atoms with E-state index in [9.17, 15) is 13.9 Å². The SMILES string of the molecule is NC1(C2(O)CCCSC2)CCC(F)(F)CC1. The van der Waals surface area contributed by atoms with Crippen LogP contribution in [0.2, 0.25) is 0 Å². The van der Waals surface area contributed by atoms with Crippen LogP contribution >= 0.6 is 11.8 Å². The van der Waals surface area contributed by atoms with Gasteiger partial charge in [-0.2, -0.15) is 11.8 Å². The van der Waals surface area contributed by atoms with Crippen LogP contribution in [0.25, 0.3) is 0 Å². The first kappa shape index (κ1) is 12.6. The Morgan fingerprint density at radius 2 is 1.69 bits per heavy atom. The molecule has 0 bridgehead atoms. The van der Waals surface area contributed by atoms with Gasteiger partial charge in [0.1, 0.15) is 0 Å². The highest BCUT2D eigenvalue weighted by Crippen LogP contribution is 2.45. The van der Waals surface area contributed by atoms with Crippen LogP contribution in [0.15, 0.2) is 0 Å². The quantitative estimate of drug-likeness (QED) is 0.750. The smallest absolute Gasteiger partial charge is 0.248 e. The highest BCUT2D eigenvalue weighted by Gasteiger charge is 2.52. The van der Waals surface area contributed by atoms with Gasteiger partial charge in [-0.1, -0.05) is 0 Å². The van der Waals surface area contributed by atoms with Crippen molar-refractivity contribution in [3.63, 3.8) is 0 Å². The Bertz CT molecular complexity index is 257. The Balaban J connectivity index is 2.07. The summed E-state index contributed by atoms with van der Waals surface area (Å²) in [7, 11) is 0. The molecule has 2 rings (SSSR count). The average molecular weight is 251 g/mol. The monoisotopic (exact) mass is 251 g/mol. The van der Waals surface area contributed by atoms with Gasteiger partial charge in [-0.25, -0.2) is 8.78 Å². The predicted molar refractivity (Wildman–Crippen MR) is 61.8 cm³/mol. The lowest BCUT2D eigenvalue weighted by Crippen LogP contribution is -2.65. The van der Waals surface area contributed by atoms with Gasteiger partial charge < -0.3 is 10.8 Å². The maximum Gasteiger partial charge on any atom is 0.248 e. The summed E-state index contributed by atoms with van der Waals surface area (Å²) in [6, 6.07) is 0. The van der Waals surface area contributed by atoms with Crippen molar-refractivity contribution in [1.29, 1.82) is 0 Å². The van der Waals surface area contributed by atoms with Crippen molar-refractivity contribution in [2.24, 2.45) is 5.73 Å². The number of aliphatic hydroxyl groups is 1. The summed E-state index contributed by atoms with van der Waals surface area (Å²) in [4.78, 5) is 0. The lowest BCUT2D eigenvalue weighted by Gasteiger charge is -2.50.